The highest BCUT2D eigenvalue weighted by atomic mass is 19.3. The molecule has 0 aliphatic carbocycles. The molecule has 0 bridgehead atoms. The number of nitrogens with two attached hydrogens (primary N) is 1. The Labute approximate surface area is 77.3 Å². The van der Waals surface area contributed by atoms with Gasteiger partial charge >= 0.3 is 12.6 Å². The summed E-state index contributed by atoms with van der Waals surface area (Å²) in [7, 11) is 0. The molecule has 2 N–H and O–H groups in total. The summed E-state index contributed by atoms with van der Waals surface area (Å²) in [6, 6.07) is 2.84. The van der Waals surface area contributed by atoms with Crippen LogP contribution in [0.15, 0.2) is 18.2 Å². The van der Waals surface area contributed by atoms with E-state index in [0.717, 1.165) is 18.2 Å². The van der Waals surface area contributed by atoms with Gasteiger partial charge in [0, 0.05) is 5.69 Å². The Kier molecular flexibility index (Phi) is 2.95. The number of rotatable bonds is 2. The number of nitrogen functional groups attached to an aromatic ring is 1. The topological polar surface area (TPSA) is 52.3 Å². The Morgan fingerprint density at radius 2 is 2.07 bits per heavy atom. The van der Waals surface area contributed by atoms with E-state index in [1.807, 2.05) is 0 Å². The maximum absolute atomic E-state index is 12.6. The van der Waals surface area contributed by atoms with Crippen LogP contribution in [0, 0.1) is 5.82 Å². The Morgan fingerprint density at radius 1 is 1.43 bits per heavy atom. The largest absolute Gasteiger partial charge is 0.399 e. The molecule has 1 aromatic carbocycles. The molecule has 0 aliphatic rings. The number of ether oxygens (including phenoxy) is 1. The maximum Gasteiger partial charge on any atom is 0.389 e. The molecule has 0 aromatic heterocycles. The Hall–Kier alpha value is -1.72. The van der Waals surface area contributed by atoms with Crippen molar-refractivity contribution in [3.63, 3.8) is 0 Å². The molecule has 0 saturated carbocycles. The molecular formula is C8H6F3NO2. The number of hydrogen-bond donors (Lipinski definition) is 1. The molecule has 0 spiro atoms. The highest BCUT2D eigenvalue weighted by Crippen LogP contribution is 2.15. The highest BCUT2D eigenvalue weighted by molar-refractivity contribution is 5.95. The third-order valence-electron chi connectivity index (χ3n) is 1.43. The Bertz CT molecular complexity index is 354. The number of benzene rings is 1. The lowest BCUT2D eigenvalue weighted by Gasteiger charge is -2.05. The van der Waals surface area contributed by atoms with Crippen LogP contribution >= 0.6 is 0 Å². The number of hydrogen-bond acceptors (Lipinski definition) is 3. The molecule has 0 unspecified atom stereocenters. The minimum Gasteiger partial charge on any atom is -0.399 e. The van der Waals surface area contributed by atoms with Crippen LogP contribution in [-0.2, 0) is 4.74 Å². The van der Waals surface area contributed by atoms with Crippen molar-refractivity contribution in [1.29, 1.82) is 0 Å². The predicted octanol–water partition coefficient (Wildman–Crippen LogP) is 1.79. The van der Waals surface area contributed by atoms with E-state index in [2.05, 4.69) is 4.74 Å². The van der Waals surface area contributed by atoms with Gasteiger partial charge in [-0.25, -0.2) is 9.18 Å². The van der Waals surface area contributed by atoms with Crippen molar-refractivity contribution in [3.8, 4) is 0 Å². The minimum atomic E-state index is -3.25. The molecule has 0 heterocycles. The molecule has 6 heteroatoms. The SMILES string of the molecule is Nc1ccc(F)cc1C(=O)OC(F)F. The number of carbonyl (C=O) groups excluding carboxylic acids is 1. The molecule has 0 radical (unpaired) electrons. The Balaban J connectivity index is 2.94. The second-order valence-corrected chi connectivity index (χ2v) is 2.40. The summed E-state index contributed by atoms with van der Waals surface area (Å²) >= 11 is 0. The average Bonchev–Trinajstić information content (AvgIpc) is 2.08. The first-order valence-corrected chi connectivity index (χ1v) is 3.55. The fourth-order valence-corrected chi connectivity index (χ4v) is 0.850. The standard InChI is InChI=1S/C8H6F3NO2/c9-4-1-2-6(12)5(3-4)7(13)14-8(10)11/h1-3,8H,12H2. The lowest BCUT2D eigenvalue weighted by molar-refractivity contribution is -0.0905. The molecule has 0 atom stereocenters. The van der Waals surface area contributed by atoms with Crippen molar-refractivity contribution in [2.45, 2.75) is 6.61 Å². The van der Waals surface area contributed by atoms with Gasteiger partial charge in [0.25, 0.3) is 0 Å². The molecular weight excluding hydrogens is 199 g/mol. The van der Waals surface area contributed by atoms with Gasteiger partial charge in [0.2, 0.25) is 0 Å². The summed E-state index contributed by atoms with van der Waals surface area (Å²) < 4.78 is 39.4. The summed E-state index contributed by atoms with van der Waals surface area (Å²) in [5.41, 5.74) is 4.73. The molecule has 0 aliphatic heterocycles. The van der Waals surface area contributed by atoms with Crippen LogP contribution in [0.4, 0.5) is 18.9 Å². The zero-order chi connectivity index (χ0) is 10.7. The van der Waals surface area contributed by atoms with E-state index in [0.29, 0.717) is 0 Å². The second-order valence-electron chi connectivity index (χ2n) is 2.40. The van der Waals surface area contributed by atoms with Crippen LogP contribution in [0.3, 0.4) is 0 Å². The monoisotopic (exact) mass is 205 g/mol. The van der Waals surface area contributed by atoms with Gasteiger partial charge in [-0.2, -0.15) is 8.78 Å². The molecule has 0 fully saturated rings. The van der Waals surface area contributed by atoms with E-state index < -0.39 is 24.0 Å². The molecule has 76 valence electrons. The van der Waals surface area contributed by atoms with Gasteiger partial charge in [-0.05, 0) is 18.2 Å². The molecule has 0 saturated heterocycles. The fraction of sp³-hybridized carbons (Fsp3) is 0.125. The lowest BCUT2D eigenvalue weighted by Crippen LogP contribution is -2.12. The van der Waals surface area contributed by atoms with Crippen LogP contribution in [0.5, 0.6) is 0 Å². The summed E-state index contributed by atoms with van der Waals surface area (Å²) in [4.78, 5) is 10.9. The predicted molar refractivity (Wildman–Crippen MR) is 42.2 cm³/mol. The van der Waals surface area contributed by atoms with Gasteiger partial charge in [-0.15, -0.1) is 0 Å². The maximum atomic E-state index is 12.6. The molecule has 3 nitrogen and oxygen atoms in total. The summed E-state index contributed by atoms with van der Waals surface area (Å²) in [6.07, 6.45) is 0. The van der Waals surface area contributed by atoms with Crippen molar-refractivity contribution in [2.75, 3.05) is 5.73 Å². The number of esters is 1. The average molecular weight is 205 g/mol. The zero-order valence-corrected chi connectivity index (χ0v) is 6.84. The van der Waals surface area contributed by atoms with E-state index in [-0.39, 0.29) is 5.69 Å². The van der Waals surface area contributed by atoms with Crippen LogP contribution < -0.4 is 5.73 Å². The number of carbonyl (C=O) groups is 1. The van der Waals surface area contributed by atoms with Crippen LogP contribution in [0.25, 0.3) is 0 Å². The highest BCUT2D eigenvalue weighted by Gasteiger charge is 2.16. The number of alkyl halides is 2. The first-order chi connectivity index (χ1) is 6.50. The molecule has 1 rings (SSSR count). The number of anilines is 1. The lowest BCUT2D eigenvalue weighted by atomic mass is 10.2. The van der Waals surface area contributed by atoms with Gasteiger partial charge in [-0.1, -0.05) is 0 Å². The first kappa shape index (κ1) is 10.4. The van der Waals surface area contributed by atoms with Gasteiger partial charge in [0.15, 0.2) is 0 Å². The van der Waals surface area contributed by atoms with E-state index in [9.17, 15) is 18.0 Å². The summed E-state index contributed by atoms with van der Waals surface area (Å²) in [5.74, 6) is -2.10. The zero-order valence-electron chi connectivity index (χ0n) is 6.84. The summed E-state index contributed by atoms with van der Waals surface area (Å²) in [5, 5.41) is 0. The molecule has 0 amide bonds. The van der Waals surface area contributed by atoms with Crippen LogP contribution in [0.1, 0.15) is 10.4 Å². The number of halogens is 3. The van der Waals surface area contributed by atoms with Crippen molar-refractivity contribution >= 4 is 11.7 Å². The second kappa shape index (κ2) is 3.99. The van der Waals surface area contributed by atoms with E-state index in [4.69, 9.17) is 5.73 Å². The first-order valence-electron chi connectivity index (χ1n) is 3.55. The van der Waals surface area contributed by atoms with Gasteiger partial charge in [0.05, 0.1) is 5.56 Å². The third-order valence-corrected chi connectivity index (χ3v) is 1.43. The third kappa shape index (κ3) is 2.38. The van der Waals surface area contributed by atoms with Crippen LogP contribution in [0.2, 0.25) is 0 Å². The van der Waals surface area contributed by atoms with E-state index in [1.165, 1.54) is 0 Å². The Morgan fingerprint density at radius 3 is 2.64 bits per heavy atom. The van der Waals surface area contributed by atoms with Crippen molar-refractivity contribution in [1.82, 2.24) is 0 Å². The minimum absolute atomic E-state index is 0.114. The van der Waals surface area contributed by atoms with Crippen molar-refractivity contribution in [3.05, 3.63) is 29.6 Å². The quantitative estimate of drug-likeness (QED) is 0.591. The van der Waals surface area contributed by atoms with Crippen LogP contribution in [-0.4, -0.2) is 12.6 Å². The van der Waals surface area contributed by atoms with Crippen molar-refractivity contribution in [2.24, 2.45) is 0 Å². The summed E-state index contributed by atoms with van der Waals surface area (Å²) in [6.45, 7) is -3.25. The molecule has 1 aromatic rings. The smallest absolute Gasteiger partial charge is 0.389 e. The van der Waals surface area contributed by atoms with Crippen molar-refractivity contribution < 1.29 is 22.7 Å². The van der Waals surface area contributed by atoms with E-state index in [1.54, 1.807) is 0 Å². The molecule has 14 heavy (non-hydrogen) atoms. The van der Waals surface area contributed by atoms with Gasteiger partial charge in [0.1, 0.15) is 5.82 Å². The normalized spacial score (nSPS) is 10.3. The van der Waals surface area contributed by atoms with Gasteiger partial charge in [-0.3, -0.25) is 0 Å². The van der Waals surface area contributed by atoms with Gasteiger partial charge < -0.3 is 10.5 Å². The fourth-order valence-electron chi connectivity index (χ4n) is 0.850. The van der Waals surface area contributed by atoms with E-state index >= 15 is 0 Å².